The highest BCUT2D eigenvalue weighted by atomic mass is 32.2. The number of aryl methyl sites for hydroxylation is 3. The fourth-order valence-corrected chi connectivity index (χ4v) is 3.44. The fraction of sp³-hybridized carbons (Fsp3) is 0.375. The van der Waals surface area contributed by atoms with Gasteiger partial charge in [0.15, 0.2) is 0 Å². The standard InChI is InChI=1S/C16H21N3O4S/c1-6-13-15(11(3)23-18-13)16(20)17-12-8-7-10(2)14(9-12)24(21,22)19(4)5/h7-9H,6H2,1-5H3,(H,17,20). The van der Waals surface area contributed by atoms with Gasteiger partial charge >= 0.3 is 0 Å². The molecule has 0 aliphatic heterocycles. The number of amides is 1. The molecule has 1 aromatic carbocycles. The molecular formula is C16H21N3O4S. The number of nitrogens with zero attached hydrogens (tertiary/aromatic N) is 2. The van der Waals surface area contributed by atoms with E-state index in [1.165, 1.54) is 20.2 Å². The molecule has 8 heteroatoms. The van der Waals surface area contributed by atoms with Gasteiger partial charge in [-0.15, -0.1) is 0 Å². The van der Waals surface area contributed by atoms with Gasteiger partial charge in [0.05, 0.1) is 10.6 Å². The monoisotopic (exact) mass is 351 g/mol. The predicted octanol–water partition coefficient (Wildman–Crippen LogP) is 2.36. The molecule has 1 heterocycles. The summed E-state index contributed by atoms with van der Waals surface area (Å²) in [5.74, 6) is 0.0558. The number of hydrogen-bond acceptors (Lipinski definition) is 5. The van der Waals surface area contributed by atoms with Crippen molar-refractivity contribution >= 4 is 21.6 Å². The zero-order valence-electron chi connectivity index (χ0n) is 14.4. The van der Waals surface area contributed by atoms with E-state index < -0.39 is 10.0 Å². The largest absolute Gasteiger partial charge is 0.361 e. The minimum absolute atomic E-state index is 0.156. The van der Waals surface area contributed by atoms with E-state index in [9.17, 15) is 13.2 Å². The molecule has 7 nitrogen and oxygen atoms in total. The number of anilines is 1. The van der Waals surface area contributed by atoms with Crippen molar-refractivity contribution in [2.45, 2.75) is 32.1 Å². The lowest BCUT2D eigenvalue weighted by Gasteiger charge is -2.15. The SMILES string of the molecule is CCc1noc(C)c1C(=O)Nc1ccc(C)c(S(=O)(=O)N(C)C)c1. The van der Waals surface area contributed by atoms with Gasteiger partial charge in [0, 0.05) is 19.8 Å². The molecule has 1 amide bonds. The number of hydrogen-bond donors (Lipinski definition) is 1. The van der Waals surface area contributed by atoms with Gasteiger partial charge in [-0.1, -0.05) is 18.1 Å². The van der Waals surface area contributed by atoms with Crippen LogP contribution in [0.5, 0.6) is 0 Å². The molecule has 0 aliphatic carbocycles. The number of aromatic nitrogens is 1. The molecule has 2 rings (SSSR count). The fourth-order valence-electron chi connectivity index (χ4n) is 2.30. The molecule has 0 fully saturated rings. The highest BCUT2D eigenvalue weighted by Crippen LogP contribution is 2.23. The summed E-state index contributed by atoms with van der Waals surface area (Å²) in [5, 5.41) is 6.57. The van der Waals surface area contributed by atoms with E-state index in [1.807, 2.05) is 6.92 Å². The first-order valence-electron chi connectivity index (χ1n) is 7.48. The van der Waals surface area contributed by atoms with Crippen LogP contribution in [-0.2, 0) is 16.4 Å². The summed E-state index contributed by atoms with van der Waals surface area (Å²) in [6, 6.07) is 4.78. The third kappa shape index (κ3) is 3.34. The molecular weight excluding hydrogens is 330 g/mol. The Hall–Kier alpha value is -2.19. The van der Waals surface area contributed by atoms with Crippen LogP contribution in [0.15, 0.2) is 27.6 Å². The van der Waals surface area contributed by atoms with Gasteiger partial charge in [0.25, 0.3) is 5.91 Å². The molecule has 0 saturated carbocycles. The Labute approximate surface area is 141 Å². The van der Waals surface area contributed by atoms with Gasteiger partial charge in [-0.25, -0.2) is 12.7 Å². The number of sulfonamides is 1. The van der Waals surface area contributed by atoms with Crippen LogP contribution in [0.1, 0.15) is 34.3 Å². The lowest BCUT2D eigenvalue weighted by atomic mass is 10.1. The van der Waals surface area contributed by atoms with Crippen LogP contribution in [0, 0.1) is 13.8 Å². The van der Waals surface area contributed by atoms with Crippen molar-refractivity contribution in [1.82, 2.24) is 9.46 Å². The summed E-state index contributed by atoms with van der Waals surface area (Å²) >= 11 is 0. The third-order valence-electron chi connectivity index (χ3n) is 3.70. The van der Waals surface area contributed by atoms with E-state index in [-0.39, 0.29) is 10.8 Å². The van der Waals surface area contributed by atoms with Gasteiger partial charge in [0.2, 0.25) is 10.0 Å². The lowest BCUT2D eigenvalue weighted by Crippen LogP contribution is -2.23. The zero-order valence-corrected chi connectivity index (χ0v) is 15.2. The molecule has 0 spiro atoms. The maximum absolute atomic E-state index is 12.5. The Morgan fingerprint density at radius 1 is 1.29 bits per heavy atom. The van der Waals surface area contributed by atoms with Crippen LogP contribution in [0.3, 0.4) is 0 Å². The number of carbonyl (C=O) groups is 1. The van der Waals surface area contributed by atoms with Crippen molar-refractivity contribution in [1.29, 1.82) is 0 Å². The van der Waals surface area contributed by atoms with Crippen molar-refractivity contribution in [2.24, 2.45) is 0 Å². The Bertz CT molecular complexity index is 869. The second-order valence-corrected chi connectivity index (χ2v) is 7.76. The molecule has 0 bridgehead atoms. The van der Waals surface area contributed by atoms with Gasteiger partial charge in [-0.2, -0.15) is 0 Å². The van der Waals surface area contributed by atoms with Crippen molar-refractivity contribution in [3.63, 3.8) is 0 Å². The van der Waals surface area contributed by atoms with Crippen molar-refractivity contribution in [3.05, 3.63) is 40.8 Å². The van der Waals surface area contributed by atoms with Gasteiger partial charge in [0.1, 0.15) is 11.3 Å². The first-order valence-corrected chi connectivity index (χ1v) is 8.92. The van der Waals surface area contributed by atoms with Gasteiger partial charge in [-0.05, 0) is 38.0 Å². The van der Waals surface area contributed by atoms with E-state index in [1.54, 1.807) is 26.0 Å². The van der Waals surface area contributed by atoms with Crippen LogP contribution < -0.4 is 5.32 Å². The average molecular weight is 351 g/mol. The minimum atomic E-state index is -3.59. The third-order valence-corrected chi connectivity index (χ3v) is 5.66. The Morgan fingerprint density at radius 2 is 1.96 bits per heavy atom. The molecule has 0 aliphatic rings. The summed E-state index contributed by atoms with van der Waals surface area (Å²) in [4.78, 5) is 12.6. The number of rotatable bonds is 5. The molecule has 0 saturated heterocycles. The van der Waals surface area contributed by atoms with E-state index in [4.69, 9.17) is 4.52 Å². The summed E-state index contributed by atoms with van der Waals surface area (Å²) in [6.07, 6.45) is 0.564. The van der Waals surface area contributed by atoms with Crippen molar-refractivity contribution in [3.8, 4) is 0 Å². The summed E-state index contributed by atoms with van der Waals surface area (Å²) in [5.41, 5.74) is 1.96. The van der Waals surface area contributed by atoms with Crippen LogP contribution >= 0.6 is 0 Å². The molecule has 130 valence electrons. The van der Waals surface area contributed by atoms with Crippen LogP contribution in [0.25, 0.3) is 0 Å². The first kappa shape index (κ1) is 18.2. The van der Waals surface area contributed by atoms with E-state index in [2.05, 4.69) is 10.5 Å². The molecule has 0 atom stereocenters. The Kier molecular flexibility index (Phi) is 5.10. The smallest absolute Gasteiger partial charge is 0.261 e. The zero-order chi connectivity index (χ0) is 18.1. The second-order valence-electron chi connectivity index (χ2n) is 5.64. The number of carbonyl (C=O) groups excluding carboxylic acids is 1. The maximum atomic E-state index is 12.5. The summed E-state index contributed by atoms with van der Waals surface area (Å²) in [6.45, 7) is 5.25. The van der Waals surface area contributed by atoms with E-state index in [0.717, 1.165) is 4.31 Å². The maximum Gasteiger partial charge on any atom is 0.261 e. The van der Waals surface area contributed by atoms with Crippen molar-refractivity contribution in [2.75, 3.05) is 19.4 Å². The van der Waals surface area contributed by atoms with Gasteiger partial charge < -0.3 is 9.84 Å². The summed E-state index contributed by atoms with van der Waals surface area (Å²) < 4.78 is 30.9. The number of nitrogens with one attached hydrogen (secondary N) is 1. The lowest BCUT2D eigenvalue weighted by molar-refractivity contribution is 0.102. The average Bonchev–Trinajstić information content (AvgIpc) is 2.89. The van der Waals surface area contributed by atoms with Crippen molar-refractivity contribution < 1.29 is 17.7 Å². The van der Waals surface area contributed by atoms with Gasteiger partial charge in [-0.3, -0.25) is 4.79 Å². The Balaban J connectivity index is 2.38. The Morgan fingerprint density at radius 3 is 2.54 bits per heavy atom. The normalized spacial score (nSPS) is 11.8. The molecule has 1 N–H and O–H groups in total. The molecule has 2 aromatic rings. The topological polar surface area (TPSA) is 92.5 Å². The minimum Gasteiger partial charge on any atom is -0.361 e. The molecule has 24 heavy (non-hydrogen) atoms. The second kappa shape index (κ2) is 6.74. The highest BCUT2D eigenvalue weighted by molar-refractivity contribution is 7.89. The van der Waals surface area contributed by atoms with E-state index >= 15 is 0 Å². The molecule has 1 aromatic heterocycles. The predicted molar refractivity (Wildman–Crippen MR) is 90.6 cm³/mol. The highest BCUT2D eigenvalue weighted by Gasteiger charge is 2.22. The van der Waals surface area contributed by atoms with E-state index in [0.29, 0.717) is 34.7 Å². The molecule has 0 unspecified atom stereocenters. The summed E-state index contributed by atoms with van der Waals surface area (Å²) in [7, 11) is -0.657. The van der Waals surface area contributed by atoms with Crippen LogP contribution in [0.2, 0.25) is 0 Å². The quantitative estimate of drug-likeness (QED) is 0.893. The number of benzene rings is 1. The first-order chi connectivity index (χ1) is 11.2. The van der Waals surface area contributed by atoms with Crippen LogP contribution in [-0.4, -0.2) is 37.9 Å². The molecule has 0 radical (unpaired) electrons. The van der Waals surface area contributed by atoms with Crippen LogP contribution in [0.4, 0.5) is 5.69 Å².